The Morgan fingerprint density at radius 1 is 0.976 bits per heavy atom. The molecule has 2 heterocycles. The van der Waals surface area contributed by atoms with Crippen LogP contribution in [-0.4, -0.2) is 65.0 Å². The van der Waals surface area contributed by atoms with E-state index in [-0.39, 0.29) is 11.9 Å². The number of carbonyl (C=O) groups is 1. The summed E-state index contributed by atoms with van der Waals surface area (Å²) >= 11 is 0. The number of rotatable bonds is 4. The number of aryl methyl sites for hydroxylation is 1. The van der Waals surface area contributed by atoms with Gasteiger partial charge in [0, 0.05) is 38.7 Å². The summed E-state index contributed by atoms with van der Waals surface area (Å²) < 4.78 is 10.4. The van der Waals surface area contributed by atoms with Gasteiger partial charge in [-0.1, -0.05) is 54.6 Å². The van der Waals surface area contributed by atoms with Gasteiger partial charge in [-0.25, -0.2) is 14.8 Å². The van der Waals surface area contributed by atoms with Crippen LogP contribution in [0.15, 0.2) is 78.6 Å². The van der Waals surface area contributed by atoms with E-state index in [9.17, 15) is 9.90 Å². The maximum Gasteiger partial charge on any atom is 0.410 e. The van der Waals surface area contributed by atoms with E-state index < -0.39 is 5.60 Å². The monoisotopic (exact) mass is 556 g/mol. The van der Waals surface area contributed by atoms with Crippen LogP contribution in [0.4, 0.5) is 10.6 Å². The van der Waals surface area contributed by atoms with Crippen molar-refractivity contribution in [1.82, 2.24) is 14.9 Å². The fourth-order valence-corrected chi connectivity index (χ4v) is 4.56. The predicted molar refractivity (Wildman–Crippen MR) is 164 cm³/mol. The summed E-state index contributed by atoms with van der Waals surface area (Å²) in [4.78, 5) is 26.0. The zero-order chi connectivity index (χ0) is 29.4. The van der Waals surface area contributed by atoms with Crippen molar-refractivity contribution in [3.05, 3.63) is 95.5 Å². The second kappa shape index (κ2) is 13.5. The Labute approximate surface area is 242 Å². The Morgan fingerprint density at radius 3 is 2.37 bits per heavy atom. The molecule has 216 valence electrons. The van der Waals surface area contributed by atoms with Crippen LogP contribution in [0.25, 0.3) is 16.5 Å². The largest absolute Gasteiger partial charge is 0.507 e. The molecule has 1 amide bonds. The van der Waals surface area contributed by atoms with Crippen LogP contribution in [-0.2, 0) is 16.1 Å². The summed E-state index contributed by atoms with van der Waals surface area (Å²) in [5.74, 6) is 1.47. The minimum atomic E-state index is -0.514. The van der Waals surface area contributed by atoms with Gasteiger partial charge >= 0.3 is 6.09 Å². The average Bonchev–Trinajstić information content (AvgIpc) is 3.16. The molecule has 1 aliphatic heterocycles. The smallest absolute Gasteiger partial charge is 0.410 e. The highest BCUT2D eigenvalue weighted by atomic mass is 16.6. The predicted octanol–water partition coefficient (Wildman–Crippen LogP) is 6.61. The summed E-state index contributed by atoms with van der Waals surface area (Å²) in [5, 5.41) is 11.5. The van der Waals surface area contributed by atoms with Gasteiger partial charge < -0.3 is 24.4 Å². The molecule has 3 aromatic rings. The number of methoxy groups -OCH3 is 1. The molecule has 1 N–H and O–H groups in total. The minimum absolute atomic E-state index is 0.159. The number of carbonyl (C=O) groups excluding carboxylic acids is 1. The van der Waals surface area contributed by atoms with Crippen molar-refractivity contribution in [3.8, 4) is 0 Å². The first-order valence-corrected chi connectivity index (χ1v) is 14.0. The lowest BCUT2D eigenvalue weighted by atomic mass is 10.1. The molecule has 0 unspecified atom stereocenters. The number of aromatic nitrogens is 2. The van der Waals surface area contributed by atoms with Crippen LogP contribution >= 0.6 is 0 Å². The molecule has 41 heavy (non-hydrogen) atoms. The van der Waals surface area contributed by atoms with E-state index in [1.165, 1.54) is 5.56 Å². The molecular weight excluding hydrogens is 516 g/mol. The number of aliphatic hydroxyl groups is 1. The topological polar surface area (TPSA) is 88.0 Å². The van der Waals surface area contributed by atoms with E-state index in [0.717, 1.165) is 28.7 Å². The summed E-state index contributed by atoms with van der Waals surface area (Å²) in [7, 11) is 1.70. The summed E-state index contributed by atoms with van der Waals surface area (Å²) in [6, 6.07) is 16.2. The van der Waals surface area contributed by atoms with Crippen molar-refractivity contribution in [1.29, 1.82) is 0 Å². The molecule has 0 atom stereocenters. The molecule has 2 aliphatic rings. The molecule has 0 saturated carbocycles. The number of hydrogen-bond donors (Lipinski definition) is 1. The van der Waals surface area contributed by atoms with E-state index in [1.54, 1.807) is 18.1 Å². The SMILES string of the molecule is COCc1ccccc1.Cc1ccc2c(N3CCN(C(=O)OC(C)(C)C)CC3)nc(C3=C(O)C=CCC=C3)nc2c1. The van der Waals surface area contributed by atoms with E-state index in [2.05, 4.69) is 11.0 Å². The van der Waals surface area contributed by atoms with Gasteiger partial charge in [-0.05, 0) is 63.5 Å². The van der Waals surface area contributed by atoms with Gasteiger partial charge in [0.2, 0.25) is 0 Å². The van der Waals surface area contributed by atoms with Crippen LogP contribution < -0.4 is 4.90 Å². The lowest BCUT2D eigenvalue weighted by Gasteiger charge is -2.36. The lowest BCUT2D eigenvalue weighted by Crippen LogP contribution is -2.50. The highest BCUT2D eigenvalue weighted by Gasteiger charge is 2.27. The molecule has 8 heteroatoms. The summed E-state index contributed by atoms with van der Waals surface area (Å²) in [6.45, 7) is 10.7. The molecule has 0 bridgehead atoms. The number of fused-ring (bicyclic) bond motifs is 1. The molecule has 0 spiro atoms. The first kappa shape index (κ1) is 29.8. The first-order valence-electron chi connectivity index (χ1n) is 14.0. The molecule has 1 aliphatic carbocycles. The molecule has 8 nitrogen and oxygen atoms in total. The van der Waals surface area contributed by atoms with Crippen molar-refractivity contribution in [2.24, 2.45) is 0 Å². The van der Waals surface area contributed by atoms with Gasteiger partial charge in [0.15, 0.2) is 5.82 Å². The van der Waals surface area contributed by atoms with Crippen molar-refractivity contribution in [2.75, 3.05) is 38.2 Å². The molecule has 0 radical (unpaired) electrons. The maximum absolute atomic E-state index is 12.4. The van der Waals surface area contributed by atoms with Crippen molar-refractivity contribution >= 4 is 28.4 Å². The molecule has 1 fully saturated rings. The summed E-state index contributed by atoms with van der Waals surface area (Å²) in [6.07, 6.45) is 7.92. The normalized spacial score (nSPS) is 15.4. The molecule has 1 saturated heterocycles. The van der Waals surface area contributed by atoms with Crippen LogP contribution in [0.5, 0.6) is 0 Å². The molecular formula is C33H40N4O4. The highest BCUT2D eigenvalue weighted by Crippen LogP contribution is 2.30. The number of ether oxygens (including phenoxy) is 2. The number of amides is 1. The second-order valence-electron chi connectivity index (χ2n) is 11.1. The average molecular weight is 557 g/mol. The standard InChI is InChI=1S/C25H30N4O3.C8H10O/c1-17-10-11-18-20(16-17)26-22(19-8-6-5-7-9-21(19)30)27-23(18)28-12-14-29(15-13-28)24(31)32-25(2,3)4;1-9-7-8-5-3-2-4-6-8/h6-11,16,30H,5,12-15H2,1-4H3;2-6H,7H2,1H3. The van der Waals surface area contributed by atoms with Crippen LogP contribution in [0.1, 0.15) is 44.1 Å². The first-order chi connectivity index (χ1) is 19.6. The van der Waals surface area contributed by atoms with Gasteiger partial charge in [0.05, 0.1) is 17.7 Å². The van der Waals surface area contributed by atoms with Crippen LogP contribution in [0.2, 0.25) is 0 Å². The van der Waals surface area contributed by atoms with Crippen molar-refractivity contribution in [3.63, 3.8) is 0 Å². The van der Waals surface area contributed by atoms with Gasteiger partial charge in [0.1, 0.15) is 17.2 Å². The number of nitrogens with zero attached hydrogens (tertiary/aromatic N) is 4. The fraction of sp³-hybridized carbons (Fsp3) is 0.364. The fourth-order valence-electron chi connectivity index (χ4n) is 4.56. The maximum atomic E-state index is 12.4. The lowest BCUT2D eigenvalue weighted by molar-refractivity contribution is 0.0240. The second-order valence-corrected chi connectivity index (χ2v) is 11.1. The van der Waals surface area contributed by atoms with E-state index in [1.807, 2.05) is 88.4 Å². The van der Waals surface area contributed by atoms with Gasteiger partial charge in [-0.2, -0.15) is 0 Å². The number of hydrogen-bond acceptors (Lipinski definition) is 7. The zero-order valence-electron chi connectivity index (χ0n) is 24.6. The Bertz CT molecular complexity index is 1430. The van der Waals surface area contributed by atoms with Gasteiger partial charge in [-0.3, -0.25) is 0 Å². The highest BCUT2D eigenvalue weighted by molar-refractivity contribution is 5.92. The number of aliphatic hydroxyl groups excluding tert-OH is 1. The number of benzene rings is 2. The molecule has 5 rings (SSSR count). The molecule has 1 aromatic heterocycles. The van der Waals surface area contributed by atoms with Crippen molar-refractivity contribution in [2.45, 2.75) is 46.3 Å². The van der Waals surface area contributed by atoms with E-state index >= 15 is 0 Å². The van der Waals surface area contributed by atoms with Crippen LogP contribution in [0, 0.1) is 6.92 Å². The Morgan fingerprint density at radius 2 is 1.68 bits per heavy atom. The Kier molecular flexibility index (Phi) is 9.78. The van der Waals surface area contributed by atoms with E-state index in [0.29, 0.717) is 44.2 Å². The zero-order valence-corrected chi connectivity index (χ0v) is 24.6. The van der Waals surface area contributed by atoms with Gasteiger partial charge in [-0.15, -0.1) is 0 Å². The third kappa shape index (κ3) is 8.17. The quantitative estimate of drug-likeness (QED) is 0.387. The third-order valence-electron chi connectivity index (χ3n) is 6.57. The molecule has 2 aromatic carbocycles. The van der Waals surface area contributed by atoms with Crippen LogP contribution in [0.3, 0.4) is 0 Å². The number of allylic oxidation sites excluding steroid dienone is 5. The summed E-state index contributed by atoms with van der Waals surface area (Å²) in [5.41, 5.74) is 3.26. The Hall–Kier alpha value is -4.17. The Balaban J connectivity index is 0.000000367. The van der Waals surface area contributed by atoms with Gasteiger partial charge in [0.25, 0.3) is 0 Å². The number of piperazine rings is 1. The number of anilines is 1. The van der Waals surface area contributed by atoms with E-state index in [4.69, 9.17) is 19.4 Å². The minimum Gasteiger partial charge on any atom is -0.507 e. The third-order valence-corrected chi connectivity index (χ3v) is 6.57. The van der Waals surface area contributed by atoms with Crippen molar-refractivity contribution < 1.29 is 19.4 Å².